The smallest absolute Gasteiger partial charge is 0.406 e. The first-order valence-corrected chi connectivity index (χ1v) is 7.74. The Hall–Kier alpha value is -3.63. The van der Waals surface area contributed by atoms with Crippen LogP contribution in [-0.4, -0.2) is 43.4 Å². The van der Waals surface area contributed by atoms with E-state index < -0.39 is 6.36 Å². The van der Waals surface area contributed by atoms with Crippen LogP contribution in [0.2, 0.25) is 0 Å². The molecule has 0 saturated carbocycles. The van der Waals surface area contributed by atoms with Crippen molar-refractivity contribution >= 4 is 16.9 Å². The second-order valence-electron chi connectivity index (χ2n) is 5.43. The fraction of sp³-hybridized carbons (Fsp3) is 0.125. The fourth-order valence-corrected chi connectivity index (χ4v) is 2.71. The topological polar surface area (TPSA) is 93.5 Å². The van der Waals surface area contributed by atoms with E-state index in [2.05, 4.69) is 35.3 Å². The first-order valence-electron chi connectivity index (χ1n) is 7.74. The van der Waals surface area contributed by atoms with Gasteiger partial charge in [-0.15, -0.1) is 18.3 Å². The summed E-state index contributed by atoms with van der Waals surface area (Å²) in [6.07, 6.45) is -1.69. The predicted molar refractivity (Wildman–Crippen MR) is 90.5 cm³/mol. The second-order valence-corrected chi connectivity index (χ2v) is 5.43. The summed E-state index contributed by atoms with van der Waals surface area (Å²) in [6, 6.07) is 7.13. The number of H-pyrrole nitrogens is 1. The molecule has 3 aromatic heterocycles. The van der Waals surface area contributed by atoms with Gasteiger partial charge in [-0.05, 0) is 30.3 Å². The van der Waals surface area contributed by atoms with Crippen molar-refractivity contribution in [3.63, 3.8) is 0 Å². The molecule has 0 aliphatic heterocycles. The minimum absolute atomic E-state index is 0.314. The van der Waals surface area contributed by atoms with E-state index in [1.165, 1.54) is 35.3 Å². The van der Waals surface area contributed by atoms with Crippen molar-refractivity contribution in [2.24, 2.45) is 0 Å². The molecule has 0 amide bonds. The molecular weight excluding hydrogens is 363 g/mol. The monoisotopic (exact) mass is 375 g/mol. The molecule has 0 radical (unpaired) electrons. The number of rotatable bonds is 4. The number of aromatic nitrogens is 6. The van der Waals surface area contributed by atoms with Crippen LogP contribution in [-0.2, 0) is 0 Å². The maximum absolute atomic E-state index is 12.3. The molecule has 8 nitrogen and oxygen atoms in total. The number of anilines is 1. The number of fused-ring (bicyclic) bond motifs is 1. The van der Waals surface area contributed by atoms with Gasteiger partial charge in [-0.3, -0.25) is 5.10 Å². The highest BCUT2D eigenvalue weighted by Gasteiger charge is 2.31. The zero-order valence-corrected chi connectivity index (χ0v) is 13.8. The third-order valence-corrected chi connectivity index (χ3v) is 3.78. The highest BCUT2D eigenvalue weighted by Crippen LogP contribution is 2.32. The molecule has 0 atom stereocenters. The molecule has 1 aromatic carbocycles. The minimum atomic E-state index is -4.74. The van der Waals surface area contributed by atoms with Gasteiger partial charge in [-0.1, -0.05) is 0 Å². The normalized spacial score (nSPS) is 11.7. The van der Waals surface area contributed by atoms with Crippen LogP contribution in [0.1, 0.15) is 0 Å². The average Bonchev–Trinajstić information content (AvgIpc) is 3.29. The largest absolute Gasteiger partial charge is 0.573 e. The van der Waals surface area contributed by atoms with Crippen molar-refractivity contribution in [2.45, 2.75) is 6.36 Å². The van der Waals surface area contributed by atoms with Gasteiger partial charge in [-0.2, -0.15) is 5.10 Å². The van der Waals surface area contributed by atoms with Gasteiger partial charge in [0.1, 0.15) is 12.1 Å². The van der Waals surface area contributed by atoms with Crippen molar-refractivity contribution in [1.82, 2.24) is 29.9 Å². The number of hydrogen-bond acceptors (Lipinski definition) is 6. The van der Waals surface area contributed by atoms with E-state index in [4.69, 9.17) is 0 Å². The van der Waals surface area contributed by atoms with Gasteiger partial charge >= 0.3 is 6.36 Å². The van der Waals surface area contributed by atoms with Gasteiger partial charge in [0.15, 0.2) is 17.3 Å². The van der Waals surface area contributed by atoms with Crippen LogP contribution in [0.5, 0.6) is 5.75 Å². The van der Waals surface area contributed by atoms with Crippen molar-refractivity contribution < 1.29 is 17.9 Å². The van der Waals surface area contributed by atoms with Gasteiger partial charge in [0, 0.05) is 18.8 Å². The zero-order valence-electron chi connectivity index (χ0n) is 13.8. The molecule has 0 aliphatic carbocycles. The lowest BCUT2D eigenvalue weighted by molar-refractivity contribution is -0.274. The van der Waals surface area contributed by atoms with Gasteiger partial charge in [-0.25, -0.2) is 14.6 Å². The number of pyridine rings is 1. The Balaban J connectivity index is 1.82. The van der Waals surface area contributed by atoms with E-state index in [0.717, 1.165) is 0 Å². The van der Waals surface area contributed by atoms with E-state index in [0.29, 0.717) is 33.9 Å². The summed E-state index contributed by atoms with van der Waals surface area (Å²) in [6.45, 7) is 0. The van der Waals surface area contributed by atoms with Crippen molar-refractivity contribution in [3.05, 3.63) is 42.9 Å². The molecule has 11 heteroatoms. The molecule has 0 spiro atoms. The number of alkyl halides is 3. The minimum Gasteiger partial charge on any atom is -0.406 e. The molecule has 0 aliphatic rings. The third-order valence-electron chi connectivity index (χ3n) is 3.78. The van der Waals surface area contributed by atoms with Crippen LogP contribution in [0.15, 0.2) is 42.9 Å². The van der Waals surface area contributed by atoms with Crippen LogP contribution < -0.4 is 10.1 Å². The lowest BCUT2D eigenvalue weighted by atomic mass is 10.1. The third kappa shape index (κ3) is 3.14. The summed E-state index contributed by atoms with van der Waals surface area (Å²) in [4.78, 5) is 8.52. The first-order chi connectivity index (χ1) is 13.0. The Bertz CT molecular complexity index is 1070. The maximum atomic E-state index is 12.3. The lowest BCUT2D eigenvalue weighted by Crippen LogP contribution is -2.17. The number of benzene rings is 1. The Morgan fingerprint density at radius 2 is 1.89 bits per heavy atom. The molecule has 27 heavy (non-hydrogen) atoms. The van der Waals surface area contributed by atoms with E-state index in [1.54, 1.807) is 19.3 Å². The Kier molecular flexibility index (Phi) is 3.90. The number of aromatic amines is 1. The number of halogens is 3. The Labute approximate surface area is 150 Å². The molecule has 0 fully saturated rings. The highest BCUT2D eigenvalue weighted by molar-refractivity contribution is 5.99. The number of hydrogen-bond donors (Lipinski definition) is 2. The van der Waals surface area contributed by atoms with Gasteiger partial charge < -0.3 is 10.1 Å². The van der Waals surface area contributed by atoms with E-state index in [9.17, 15) is 13.2 Å². The first kappa shape index (κ1) is 16.8. The molecule has 4 rings (SSSR count). The van der Waals surface area contributed by atoms with Crippen LogP contribution in [0.3, 0.4) is 0 Å². The molecule has 2 N–H and O–H groups in total. The van der Waals surface area contributed by atoms with Crippen molar-refractivity contribution in [2.75, 3.05) is 12.4 Å². The van der Waals surface area contributed by atoms with Crippen LogP contribution in [0, 0.1) is 0 Å². The standard InChI is InChI=1S/C16H12F3N7O/c1-20-14-12-11(13-22-8-23-24-13)6-7-21-15(12)26(25-14)9-2-4-10(5-3-9)27-16(17,18)19/h2-8H,1H3,(H,20,25)(H,22,23,24). The van der Waals surface area contributed by atoms with Crippen LogP contribution in [0.25, 0.3) is 28.1 Å². The summed E-state index contributed by atoms with van der Waals surface area (Å²) in [5, 5.41) is 14.9. The van der Waals surface area contributed by atoms with Gasteiger partial charge in [0.2, 0.25) is 0 Å². The molecule has 138 valence electrons. The SMILES string of the molecule is CNc1nn(-c2ccc(OC(F)(F)F)cc2)c2nccc(-c3nc[nH]n3)c12. The number of nitrogens with zero attached hydrogens (tertiary/aromatic N) is 5. The van der Waals surface area contributed by atoms with Crippen molar-refractivity contribution in [1.29, 1.82) is 0 Å². The molecule has 0 unspecified atom stereocenters. The number of ether oxygens (including phenoxy) is 1. The highest BCUT2D eigenvalue weighted by atomic mass is 19.4. The molecular formula is C16H12F3N7O. The fourth-order valence-electron chi connectivity index (χ4n) is 2.71. The quantitative estimate of drug-likeness (QED) is 0.569. The molecule has 4 aromatic rings. The van der Waals surface area contributed by atoms with E-state index in [1.807, 2.05) is 0 Å². The summed E-state index contributed by atoms with van der Waals surface area (Å²) >= 11 is 0. The molecule has 0 saturated heterocycles. The molecule has 0 bridgehead atoms. The Morgan fingerprint density at radius 3 is 2.52 bits per heavy atom. The van der Waals surface area contributed by atoms with Gasteiger partial charge in [0.25, 0.3) is 0 Å². The summed E-state index contributed by atoms with van der Waals surface area (Å²) < 4.78 is 42.4. The average molecular weight is 375 g/mol. The van der Waals surface area contributed by atoms with Crippen molar-refractivity contribution in [3.8, 4) is 22.8 Å². The van der Waals surface area contributed by atoms with Crippen LogP contribution in [0.4, 0.5) is 19.0 Å². The van der Waals surface area contributed by atoms with E-state index >= 15 is 0 Å². The summed E-state index contributed by atoms with van der Waals surface area (Å²) in [7, 11) is 1.71. The molecule has 3 heterocycles. The van der Waals surface area contributed by atoms with Crippen LogP contribution >= 0.6 is 0 Å². The summed E-state index contributed by atoms with van der Waals surface area (Å²) in [5.41, 5.74) is 1.75. The summed E-state index contributed by atoms with van der Waals surface area (Å²) in [5.74, 6) is 0.701. The van der Waals surface area contributed by atoms with E-state index in [-0.39, 0.29) is 5.75 Å². The zero-order chi connectivity index (χ0) is 19.0. The second kappa shape index (κ2) is 6.27. The number of nitrogens with one attached hydrogen (secondary N) is 2. The predicted octanol–water partition coefficient (Wildman–Crippen LogP) is 3.15. The Morgan fingerprint density at radius 1 is 1.11 bits per heavy atom. The van der Waals surface area contributed by atoms with Gasteiger partial charge in [0.05, 0.1) is 11.1 Å². The maximum Gasteiger partial charge on any atom is 0.573 e. The lowest BCUT2D eigenvalue weighted by Gasteiger charge is -2.09.